The number of ether oxygens (including phenoxy) is 1. The smallest absolute Gasteiger partial charge is 0.321 e. The summed E-state index contributed by atoms with van der Waals surface area (Å²) in [6.07, 6.45) is 0.900. The molecule has 0 spiro atoms. The van der Waals surface area contributed by atoms with E-state index in [9.17, 15) is 9.59 Å². The zero-order valence-corrected chi connectivity index (χ0v) is 9.76. The second-order valence-electron chi connectivity index (χ2n) is 3.21. The Balaban J connectivity index is 3.35. The Morgan fingerprint density at radius 1 is 1.40 bits per heavy atom. The third-order valence-electron chi connectivity index (χ3n) is 1.43. The van der Waals surface area contributed by atoms with E-state index < -0.39 is 11.9 Å². The number of urea groups is 1. The first-order valence-electron chi connectivity index (χ1n) is 4.81. The molecule has 0 bridgehead atoms. The number of carbonyl (C=O) groups excluding carboxylic acids is 2. The zero-order valence-electron chi connectivity index (χ0n) is 9.01. The Morgan fingerprint density at radius 3 is 2.60 bits per heavy atom. The van der Waals surface area contributed by atoms with E-state index in [4.69, 9.17) is 16.3 Å². The molecule has 0 fully saturated rings. The third-order valence-corrected chi connectivity index (χ3v) is 1.67. The van der Waals surface area contributed by atoms with E-state index in [1.54, 1.807) is 0 Å². The number of alkyl halides is 1. The summed E-state index contributed by atoms with van der Waals surface area (Å²) in [4.78, 5) is 21.6. The van der Waals surface area contributed by atoms with Gasteiger partial charge in [0.15, 0.2) is 0 Å². The van der Waals surface area contributed by atoms with Gasteiger partial charge < -0.3 is 10.1 Å². The molecule has 0 radical (unpaired) electrons. The van der Waals surface area contributed by atoms with Gasteiger partial charge in [-0.15, -0.1) is 11.6 Å². The normalized spacial score (nSPS) is 10.1. The fraction of sp³-hybridized carbons (Fsp3) is 0.778. The molecular weight excluding hydrogens is 220 g/mol. The SMILES string of the molecule is CC(C)OCCCNC(=O)NC(=O)CCl. The molecule has 0 aromatic heterocycles. The van der Waals surface area contributed by atoms with Crippen LogP contribution in [0.5, 0.6) is 0 Å². The minimum atomic E-state index is -0.523. The van der Waals surface area contributed by atoms with Gasteiger partial charge in [0.05, 0.1) is 6.10 Å². The quantitative estimate of drug-likeness (QED) is 0.531. The van der Waals surface area contributed by atoms with Gasteiger partial charge in [0, 0.05) is 13.2 Å². The monoisotopic (exact) mass is 236 g/mol. The van der Waals surface area contributed by atoms with Gasteiger partial charge in [-0.05, 0) is 20.3 Å². The summed E-state index contributed by atoms with van der Waals surface area (Å²) in [6, 6.07) is -0.523. The van der Waals surface area contributed by atoms with Crippen molar-refractivity contribution in [2.45, 2.75) is 26.4 Å². The van der Waals surface area contributed by atoms with Crippen LogP contribution in [0, 0.1) is 0 Å². The summed E-state index contributed by atoms with van der Waals surface area (Å²) in [7, 11) is 0. The van der Waals surface area contributed by atoms with Crippen molar-refractivity contribution >= 4 is 23.5 Å². The number of carbonyl (C=O) groups is 2. The molecular formula is C9H17ClN2O3. The summed E-state index contributed by atoms with van der Waals surface area (Å²) in [5.41, 5.74) is 0. The van der Waals surface area contributed by atoms with Gasteiger partial charge in [-0.25, -0.2) is 4.79 Å². The van der Waals surface area contributed by atoms with Crippen molar-refractivity contribution in [3.63, 3.8) is 0 Å². The van der Waals surface area contributed by atoms with Crippen molar-refractivity contribution in [2.24, 2.45) is 0 Å². The number of rotatable bonds is 6. The molecule has 0 rings (SSSR count). The van der Waals surface area contributed by atoms with Crippen LogP contribution >= 0.6 is 11.6 Å². The molecule has 0 aliphatic heterocycles. The van der Waals surface area contributed by atoms with Gasteiger partial charge in [0.25, 0.3) is 0 Å². The minimum absolute atomic E-state index is 0.191. The average molecular weight is 237 g/mol. The Bertz CT molecular complexity index is 210. The molecule has 6 heteroatoms. The molecule has 0 heterocycles. The van der Waals surface area contributed by atoms with Crippen molar-refractivity contribution in [3.05, 3.63) is 0 Å². The molecule has 5 nitrogen and oxygen atoms in total. The highest BCUT2D eigenvalue weighted by Crippen LogP contribution is 1.88. The van der Waals surface area contributed by atoms with Crippen LogP contribution < -0.4 is 10.6 Å². The van der Waals surface area contributed by atoms with Crippen LogP contribution in [0.4, 0.5) is 4.79 Å². The molecule has 0 saturated carbocycles. The van der Waals surface area contributed by atoms with E-state index >= 15 is 0 Å². The second-order valence-corrected chi connectivity index (χ2v) is 3.48. The van der Waals surface area contributed by atoms with Gasteiger partial charge in [-0.2, -0.15) is 0 Å². The largest absolute Gasteiger partial charge is 0.379 e. The minimum Gasteiger partial charge on any atom is -0.379 e. The maximum atomic E-state index is 11.0. The van der Waals surface area contributed by atoms with Crippen LogP contribution in [-0.2, 0) is 9.53 Å². The van der Waals surface area contributed by atoms with E-state index in [0.717, 1.165) is 0 Å². The van der Waals surface area contributed by atoms with Crippen LogP contribution in [0.1, 0.15) is 20.3 Å². The van der Waals surface area contributed by atoms with Gasteiger partial charge >= 0.3 is 6.03 Å². The molecule has 3 amide bonds. The fourth-order valence-corrected chi connectivity index (χ4v) is 0.864. The molecule has 2 N–H and O–H groups in total. The second kappa shape index (κ2) is 8.49. The highest BCUT2D eigenvalue weighted by molar-refractivity contribution is 6.28. The summed E-state index contributed by atoms with van der Waals surface area (Å²) in [5, 5.41) is 4.58. The van der Waals surface area contributed by atoms with Crippen molar-refractivity contribution in [2.75, 3.05) is 19.0 Å². The van der Waals surface area contributed by atoms with Gasteiger partial charge in [-0.1, -0.05) is 0 Å². The summed E-state index contributed by atoms with van der Waals surface area (Å²) in [6.45, 7) is 4.94. The van der Waals surface area contributed by atoms with Crippen LogP contribution in [-0.4, -0.2) is 37.1 Å². The first-order valence-corrected chi connectivity index (χ1v) is 5.35. The van der Waals surface area contributed by atoms with E-state index in [0.29, 0.717) is 19.6 Å². The highest BCUT2D eigenvalue weighted by Gasteiger charge is 2.04. The van der Waals surface area contributed by atoms with Crippen LogP contribution in [0.25, 0.3) is 0 Å². The van der Waals surface area contributed by atoms with Crippen molar-refractivity contribution < 1.29 is 14.3 Å². The molecule has 15 heavy (non-hydrogen) atoms. The third kappa shape index (κ3) is 9.49. The van der Waals surface area contributed by atoms with Crippen molar-refractivity contribution in [1.82, 2.24) is 10.6 Å². The van der Waals surface area contributed by atoms with Gasteiger partial charge in [-0.3, -0.25) is 10.1 Å². The van der Waals surface area contributed by atoms with Crippen LogP contribution in [0.15, 0.2) is 0 Å². The Kier molecular flexibility index (Phi) is 8.04. The Morgan fingerprint density at radius 2 is 2.07 bits per heavy atom. The summed E-state index contributed by atoms with van der Waals surface area (Å²) < 4.78 is 5.27. The molecule has 0 aliphatic rings. The maximum Gasteiger partial charge on any atom is 0.321 e. The number of nitrogens with one attached hydrogen (secondary N) is 2. The lowest BCUT2D eigenvalue weighted by Gasteiger charge is -2.08. The average Bonchev–Trinajstić information content (AvgIpc) is 2.16. The first-order chi connectivity index (χ1) is 7.06. The topological polar surface area (TPSA) is 67.4 Å². The predicted octanol–water partition coefficient (Wildman–Crippen LogP) is 0.866. The molecule has 88 valence electrons. The van der Waals surface area contributed by atoms with Gasteiger partial charge in [0.1, 0.15) is 5.88 Å². The molecule has 0 atom stereocenters. The fourth-order valence-electron chi connectivity index (χ4n) is 0.797. The molecule has 0 aromatic rings. The molecule has 0 saturated heterocycles. The highest BCUT2D eigenvalue weighted by atomic mass is 35.5. The molecule has 0 unspecified atom stereocenters. The van der Waals surface area contributed by atoms with E-state index in [1.807, 2.05) is 13.8 Å². The number of hydrogen-bond donors (Lipinski definition) is 2. The number of amides is 3. The maximum absolute atomic E-state index is 11.0. The van der Waals surface area contributed by atoms with Crippen molar-refractivity contribution in [3.8, 4) is 0 Å². The Hall–Kier alpha value is -0.810. The lowest BCUT2D eigenvalue weighted by Crippen LogP contribution is -2.40. The first kappa shape index (κ1) is 14.2. The molecule has 0 aliphatic carbocycles. The standard InChI is InChI=1S/C9H17ClN2O3/c1-7(2)15-5-3-4-11-9(14)12-8(13)6-10/h7H,3-6H2,1-2H3,(H2,11,12,13,14). The van der Waals surface area contributed by atoms with Gasteiger partial charge in [0.2, 0.25) is 5.91 Å². The van der Waals surface area contributed by atoms with Crippen molar-refractivity contribution in [1.29, 1.82) is 0 Å². The van der Waals surface area contributed by atoms with Crippen LogP contribution in [0.3, 0.4) is 0 Å². The number of imide groups is 1. The summed E-state index contributed by atoms with van der Waals surface area (Å²) in [5.74, 6) is -0.725. The number of hydrogen-bond acceptors (Lipinski definition) is 3. The number of halogens is 1. The van der Waals surface area contributed by atoms with E-state index in [2.05, 4.69) is 10.6 Å². The lowest BCUT2D eigenvalue weighted by molar-refractivity contribution is -0.117. The van der Waals surface area contributed by atoms with Crippen LogP contribution in [0.2, 0.25) is 0 Å². The van der Waals surface area contributed by atoms with E-state index in [-0.39, 0.29) is 12.0 Å². The Labute approximate surface area is 94.5 Å². The summed E-state index contributed by atoms with van der Waals surface area (Å²) >= 11 is 5.20. The predicted molar refractivity (Wildman–Crippen MR) is 58.0 cm³/mol. The van der Waals surface area contributed by atoms with E-state index in [1.165, 1.54) is 0 Å². The zero-order chi connectivity index (χ0) is 11.7. The molecule has 0 aromatic carbocycles. The lowest BCUT2D eigenvalue weighted by atomic mass is 10.4.